The maximum atomic E-state index is 12.7. The standard InChI is InChI=1S/C23H41NO6.2K/c1-3-5-7-9-10-12-14-16-21(26)24(19(23(29)30)17-18-22(27)28)20(25)15-13-11-8-6-4-2;;/h19H,3-18H2,1-2H3,(H,27,28)(H,29,30);;/q;2*+1/p-2/t19-;;/m0../s1. The Kier molecular flexibility index (Phi) is 30.1. The second kappa shape index (κ2) is 25.4. The molecule has 9 heteroatoms. The van der Waals surface area contributed by atoms with E-state index in [1.165, 1.54) is 6.42 Å². The first-order chi connectivity index (χ1) is 14.3. The summed E-state index contributed by atoms with van der Waals surface area (Å²) in [4.78, 5) is 48.5. The molecule has 2 amide bonds. The van der Waals surface area contributed by atoms with Crippen molar-refractivity contribution >= 4 is 23.8 Å². The Balaban J connectivity index is -0.00000420. The van der Waals surface area contributed by atoms with Gasteiger partial charge in [0.25, 0.3) is 0 Å². The van der Waals surface area contributed by atoms with Crippen LogP contribution in [-0.2, 0) is 19.2 Å². The van der Waals surface area contributed by atoms with Crippen molar-refractivity contribution in [1.29, 1.82) is 0 Å². The number of amides is 2. The van der Waals surface area contributed by atoms with E-state index >= 15 is 0 Å². The first kappa shape index (κ1) is 37.9. The number of rotatable bonds is 19. The van der Waals surface area contributed by atoms with Crippen LogP contribution < -0.4 is 113 Å². The summed E-state index contributed by atoms with van der Waals surface area (Å²) in [6.07, 6.45) is 10.7. The van der Waals surface area contributed by atoms with E-state index in [2.05, 4.69) is 13.8 Å². The maximum absolute atomic E-state index is 12.7. The quantitative estimate of drug-likeness (QED) is 0.133. The Morgan fingerprint density at radius 3 is 1.34 bits per heavy atom. The third-order valence-corrected chi connectivity index (χ3v) is 5.23. The molecule has 0 heterocycles. The molecule has 0 fully saturated rings. The molecule has 0 saturated heterocycles. The largest absolute Gasteiger partial charge is 1.00 e. The molecule has 0 unspecified atom stereocenters. The van der Waals surface area contributed by atoms with Gasteiger partial charge in [0.15, 0.2) is 0 Å². The van der Waals surface area contributed by atoms with Crippen LogP contribution in [0.1, 0.15) is 117 Å². The fourth-order valence-corrected chi connectivity index (χ4v) is 3.45. The molecule has 0 aromatic carbocycles. The van der Waals surface area contributed by atoms with E-state index < -0.39 is 42.6 Å². The molecule has 1 atom stereocenters. The Labute approximate surface area is 279 Å². The summed E-state index contributed by atoms with van der Waals surface area (Å²) in [5.74, 6) is -4.15. The molecule has 0 bridgehead atoms. The average Bonchev–Trinajstić information content (AvgIpc) is 2.69. The number of unbranched alkanes of at least 4 members (excludes halogenated alkanes) is 10. The Bertz CT molecular complexity index is 531. The van der Waals surface area contributed by atoms with Gasteiger partial charge in [-0.2, -0.15) is 0 Å². The van der Waals surface area contributed by atoms with Crippen LogP contribution in [0.25, 0.3) is 0 Å². The summed E-state index contributed by atoms with van der Waals surface area (Å²) in [5.41, 5.74) is 0. The molecule has 0 aliphatic heterocycles. The van der Waals surface area contributed by atoms with Gasteiger partial charge in [0.2, 0.25) is 11.8 Å². The molecule has 0 aromatic heterocycles. The van der Waals surface area contributed by atoms with E-state index in [4.69, 9.17) is 0 Å². The van der Waals surface area contributed by atoms with Crippen molar-refractivity contribution in [3.05, 3.63) is 0 Å². The van der Waals surface area contributed by atoms with Crippen molar-refractivity contribution in [2.75, 3.05) is 0 Å². The van der Waals surface area contributed by atoms with E-state index in [0.29, 0.717) is 12.8 Å². The topological polar surface area (TPSA) is 118 Å². The predicted molar refractivity (Wildman–Crippen MR) is 111 cm³/mol. The van der Waals surface area contributed by atoms with Crippen molar-refractivity contribution in [3.8, 4) is 0 Å². The summed E-state index contributed by atoms with van der Waals surface area (Å²) in [6.45, 7) is 4.22. The van der Waals surface area contributed by atoms with Gasteiger partial charge in [-0.1, -0.05) is 78.1 Å². The molecule has 0 saturated carbocycles. The first-order valence-electron chi connectivity index (χ1n) is 11.6. The number of hydrogen-bond acceptors (Lipinski definition) is 6. The number of carbonyl (C=O) groups is 4. The number of nitrogens with zero attached hydrogens (tertiary/aromatic N) is 1. The molecular weight excluding hydrogens is 464 g/mol. The molecule has 7 nitrogen and oxygen atoms in total. The van der Waals surface area contributed by atoms with E-state index in [-0.39, 0.29) is 116 Å². The zero-order valence-electron chi connectivity index (χ0n) is 20.8. The van der Waals surface area contributed by atoms with Crippen molar-refractivity contribution in [2.24, 2.45) is 0 Å². The third kappa shape index (κ3) is 19.6. The number of imide groups is 1. The number of carboxylic acids is 2. The molecule has 32 heavy (non-hydrogen) atoms. The summed E-state index contributed by atoms with van der Waals surface area (Å²) in [7, 11) is 0. The van der Waals surface area contributed by atoms with E-state index in [0.717, 1.165) is 62.7 Å². The fourth-order valence-electron chi connectivity index (χ4n) is 3.45. The van der Waals surface area contributed by atoms with Gasteiger partial charge in [0, 0.05) is 18.8 Å². The maximum Gasteiger partial charge on any atom is 1.00 e. The molecular formula is C23H39K2NO6. The number of carboxylic acid groups (broad SMARTS) is 2. The average molecular weight is 504 g/mol. The molecule has 0 spiro atoms. The summed E-state index contributed by atoms with van der Waals surface area (Å²) in [5, 5.41) is 22.4. The Morgan fingerprint density at radius 1 is 0.625 bits per heavy atom. The van der Waals surface area contributed by atoms with Gasteiger partial charge in [-0.25, -0.2) is 0 Å². The first-order valence-corrected chi connectivity index (χ1v) is 11.6. The minimum absolute atomic E-state index is 0. The Hall–Kier alpha value is 1.35. The molecule has 0 aromatic rings. The van der Waals surface area contributed by atoms with Gasteiger partial charge in [0.1, 0.15) is 0 Å². The molecule has 0 rings (SSSR count). The van der Waals surface area contributed by atoms with Crippen molar-refractivity contribution in [3.63, 3.8) is 0 Å². The number of hydrogen-bond donors (Lipinski definition) is 0. The van der Waals surface area contributed by atoms with Crippen LogP contribution in [0.3, 0.4) is 0 Å². The number of aliphatic carboxylic acids is 2. The van der Waals surface area contributed by atoms with Crippen LogP contribution in [0.4, 0.5) is 0 Å². The van der Waals surface area contributed by atoms with Crippen LogP contribution >= 0.6 is 0 Å². The van der Waals surface area contributed by atoms with Crippen LogP contribution in [0, 0.1) is 0 Å². The van der Waals surface area contributed by atoms with Crippen molar-refractivity contribution in [2.45, 2.75) is 123 Å². The van der Waals surface area contributed by atoms with Gasteiger partial charge in [-0.3, -0.25) is 14.5 Å². The monoisotopic (exact) mass is 503 g/mol. The van der Waals surface area contributed by atoms with E-state index in [1.807, 2.05) is 0 Å². The second-order valence-electron chi connectivity index (χ2n) is 7.94. The fraction of sp³-hybridized carbons (Fsp3) is 0.826. The molecule has 174 valence electrons. The van der Waals surface area contributed by atoms with Gasteiger partial charge < -0.3 is 19.8 Å². The summed E-state index contributed by atoms with van der Waals surface area (Å²) < 4.78 is 0. The zero-order valence-corrected chi connectivity index (χ0v) is 27.0. The third-order valence-electron chi connectivity index (χ3n) is 5.23. The molecule has 0 radical (unpaired) electrons. The van der Waals surface area contributed by atoms with Crippen LogP contribution in [0.2, 0.25) is 0 Å². The SMILES string of the molecule is CCCCCCCCCC(=O)N(C(=O)CCCCCCC)[C@@H](CCC(=O)[O-])C(=O)[O-].[K+].[K+]. The summed E-state index contributed by atoms with van der Waals surface area (Å²) in [6, 6.07) is -1.57. The van der Waals surface area contributed by atoms with Crippen LogP contribution in [-0.4, -0.2) is 34.7 Å². The normalized spacial score (nSPS) is 11.1. The van der Waals surface area contributed by atoms with Gasteiger partial charge in [-0.15, -0.1) is 0 Å². The minimum Gasteiger partial charge on any atom is -0.550 e. The number of carbonyl (C=O) groups excluding carboxylic acids is 4. The van der Waals surface area contributed by atoms with Crippen LogP contribution in [0.15, 0.2) is 0 Å². The molecule has 0 N–H and O–H groups in total. The predicted octanol–water partition coefficient (Wildman–Crippen LogP) is -3.50. The Morgan fingerprint density at radius 2 is 1.00 bits per heavy atom. The second-order valence-corrected chi connectivity index (χ2v) is 7.94. The van der Waals surface area contributed by atoms with Crippen LogP contribution in [0.5, 0.6) is 0 Å². The summed E-state index contributed by atoms with van der Waals surface area (Å²) >= 11 is 0. The zero-order chi connectivity index (χ0) is 22.8. The van der Waals surface area contributed by atoms with E-state index in [9.17, 15) is 29.4 Å². The molecule has 0 aliphatic carbocycles. The van der Waals surface area contributed by atoms with Gasteiger partial charge in [0.05, 0.1) is 12.0 Å². The van der Waals surface area contributed by atoms with E-state index in [1.54, 1.807) is 0 Å². The smallest absolute Gasteiger partial charge is 0.550 e. The minimum atomic E-state index is -1.61. The van der Waals surface area contributed by atoms with Crippen molar-refractivity contribution < 1.29 is 132 Å². The van der Waals surface area contributed by atoms with Crippen molar-refractivity contribution in [1.82, 2.24) is 4.90 Å². The van der Waals surface area contributed by atoms with Gasteiger partial charge in [-0.05, 0) is 25.7 Å². The molecule has 0 aliphatic rings. The van der Waals surface area contributed by atoms with Gasteiger partial charge >= 0.3 is 103 Å².